The van der Waals surface area contributed by atoms with Gasteiger partial charge in [0.25, 0.3) is 0 Å². The highest BCUT2D eigenvalue weighted by molar-refractivity contribution is 5.83. The Morgan fingerprint density at radius 3 is 2.11 bits per heavy atom. The molecule has 0 saturated heterocycles. The second-order valence-electron chi connectivity index (χ2n) is 12.2. The van der Waals surface area contributed by atoms with Gasteiger partial charge in [0.1, 0.15) is 11.5 Å². The standard InChI is InChI=1S/C34H30F4O3.2CH4O/c1-34-13-12-22-21-9-7-19(39)15-23(21)25(16-24(22)26(34)10-11-27(34)40)28-29(35)31(37)33(32(38)30(28)36)41-20-8-6-17-4-2-3-5-18(17)14-20;2*1-2/h2-9,14-15,22,24-27,39-40H,10-13,16H2,1H3;2*2H,1H3/t22-,24-,25+,26+,27+,34+;;/m1../s1. The summed E-state index contributed by atoms with van der Waals surface area (Å²) in [6.07, 6.45) is 2.84. The number of aliphatic hydroxyl groups excluding tert-OH is 3. The monoisotopic (exact) mass is 626 g/mol. The predicted molar refractivity (Wildman–Crippen MR) is 163 cm³/mol. The Morgan fingerprint density at radius 2 is 1.42 bits per heavy atom. The van der Waals surface area contributed by atoms with E-state index < -0.39 is 46.6 Å². The molecule has 6 atom stereocenters. The molecule has 0 radical (unpaired) electrons. The number of aliphatic hydroxyl groups is 3. The van der Waals surface area contributed by atoms with Gasteiger partial charge < -0.3 is 25.2 Å². The topological polar surface area (TPSA) is 90.2 Å². The third kappa shape index (κ3) is 5.45. The molecule has 9 heteroatoms. The van der Waals surface area contributed by atoms with E-state index >= 15 is 17.6 Å². The molecule has 2 saturated carbocycles. The SMILES string of the molecule is CO.CO.C[C@]12CC[C@@H]3c4ccc(O)cc4[C@@H](c4c(F)c(F)c(Oc5ccc6ccccc6c5)c(F)c4F)C[C@H]3[C@@H]1CC[C@@H]2O. The Morgan fingerprint density at radius 1 is 0.756 bits per heavy atom. The van der Waals surface area contributed by atoms with Crippen LogP contribution in [-0.2, 0) is 0 Å². The van der Waals surface area contributed by atoms with E-state index in [1.165, 1.54) is 12.1 Å². The van der Waals surface area contributed by atoms with Crippen molar-refractivity contribution in [2.24, 2.45) is 17.3 Å². The van der Waals surface area contributed by atoms with E-state index in [2.05, 4.69) is 6.92 Å². The summed E-state index contributed by atoms with van der Waals surface area (Å²) in [7, 11) is 2.00. The summed E-state index contributed by atoms with van der Waals surface area (Å²) in [5, 5.41) is 36.7. The van der Waals surface area contributed by atoms with E-state index in [0.717, 1.165) is 49.8 Å². The van der Waals surface area contributed by atoms with E-state index in [0.29, 0.717) is 12.0 Å². The number of halogens is 4. The van der Waals surface area contributed by atoms with Gasteiger partial charge in [-0.3, -0.25) is 0 Å². The minimum atomic E-state index is -1.60. The molecule has 7 rings (SSSR count). The lowest BCUT2D eigenvalue weighted by atomic mass is 9.53. The van der Waals surface area contributed by atoms with Gasteiger partial charge in [-0.1, -0.05) is 43.3 Å². The third-order valence-corrected chi connectivity index (χ3v) is 10.3. The minimum Gasteiger partial charge on any atom is -0.508 e. The Bertz CT molecular complexity index is 1670. The highest BCUT2D eigenvalue weighted by Gasteiger charge is 2.56. The first-order valence-corrected chi connectivity index (χ1v) is 15.1. The Balaban J connectivity index is 0.000000963. The molecule has 0 spiro atoms. The second kappa shape index (κ2) is 13.0. The smallest absolute Gasteiger partial charge is 0.204 e. The number of benzene rings is 4. The number of ether oxygens (including phenoxy) is 1. The lowest BCUT2D eigenvalue weighted by Crippen LogP contribution is -2.44. The van der Waals surface area contributed by atoms with Gasteiger partial charge in [-0.05, 0) is 101 Å². The molecular formula is C36H38F4O5. The van der Waals surface area contributed by atoms with E-state index in [-0.39, 0.29) is 41.1 Å². The van der Waals surface area contributed by atoms with Crippen LogP contribution in [-0.4, -0.2) is 40.7 Å². The molecule has 0 aliphatic heterocycles. The third-order valence-electron chi connectivity index (χ3n) is 10.3. The van der Waals surface area contributed by atoms with Crippen molar-refractivity contribution in [2.75, 3.05) is 14.2 Å². The first-order chi connectivity index (χ1) is 21.7. The second-order valence-corrected chi connectivity index (χ2v) is 12.2. The molecule has 0 bridgehead atoms. The fraction of sp³-hybridized carbons (Fsp3) is 0.389. The van der Waals surface area contributed by atoms with E-state index in [4.69, 9.17) is 14.9 Å². The molecule has 4 aromatic rings. The first-order valence-electron chi connectivity index (χ1n) is 15.1. The van der Waals surface area contributed by atoms with Crippen molar-refractivity contribution in [3.05, 3.63) is 101 Å². The van der Waals surface area contributed by atoms with Gasteiger partial charge in [0.15, 0.2) is 11.6 Å². The number of phenolic OH excluding ortho intramolecular Hbond substituents is 1. The maximum Gasteiger partial charge on any atom is 0.204 e. The Hall–Kier alpha value is -3.66. The molecule has 0 heterocycles. The average Bonchev–Trinajstić information content (AvgIpc) is 3.38. The number of fused-ring (bicyclic) bond motifs is 6. The van der Waals surface area contributed by atoms with Crippen LogP contribution in [0.4, 0.5) is 17.6 Å². The molecule has 3 aliphatic carbocycles. The van der Waals surface area contributed by atoms with Crippen molar-refractivity contribution < 1.29 is 42.7 Å². The fourth-order valence-corrected chi connectivity index (χ4v) is 8.22. The molecule has 0 unspecified atom stereocenters. The Labute approximate surface area is 259 Å². The molecule has 4 aromatic carbocycles. The van der Waals surface area contributed by atoms with Crippen LogP contribution in [0.15, 0.2) is 60.7 Å². The summed E-state index contributed by atoms with van der Waals surface area (Å²) in [5.74, 6) is -8.23. The van der Waals surface area contributed by atoms with E-state index in [1.54, 1.807) is 36.4 Å². The van der Waals surface area contributed by atoms with Crippen LogP contribution in [0.25, 0.3) is 10.8 Å². The zero-order valence-corrected chi connectivity index (χ0v) is 25.4. The highest BCUT2D eigenvalue weighted by Crippen LogP contribution is 2.63. The number of rotatable bonds is 3. The summed E-state index contributed by atoms with van der Waals surface area (Å²) >= 11 is 0. The molecule has 240 valence electrons. The lowest BCUT2D eigenvalue weighted by molar-refractivity contribution is -0.0241. The number of hydrogen-bond acceptors (Lipinski definition) is 5. The van der Waals surface area contributed by atoms with Crippen molar-refractivity contribution in [1.82, 2.24) is 0 Å². The maximum absolute atomic E-state index is 15.9. The van der Waals surface area contributed by atoms with Gasteiger partial charge in [0.2, 0.25) is 17.4 Å². The molecular weight excluding hydrogens is 588 g/mol. The first kappa shape index (κ1) is 32.7. The minimum absolute atomic E-state index is 0.0357. The predicted octanol–water partition coefficient (Wildman–Crippen LogP) is 7.92. The van der Waals surface area contributed by atoms with Gasteiger partial charge in [-0.2, -0.15) is 8.78 Å². The van der Waals surface area contributed by atoms with Crippen molar-refractivity contribution in [3.63, 3.8) is 0 Å². The summed E-state index contributed by atoms with van der Waals surface area (Å²) in [6.45, 7) is 2.08. The molecule has 3 aliphatic rings. The number of hydrogen-bond donors (Lipinski definition) is 4. The zero-order valence-electron chi connectivity index (χ0n) is 25.4. The summed E-state index contributed by atoms with van der Waals surface area (Å²) in [6, 6.07) is 16.8. The van der Waals surface area contributed by atoms with Crippen LogP contribution in [0.1, 0.15) is 67.6 Å². The molecule has 5 nitrogen and oxygen atoms in total. The van der Waals surface area contributed by atoms with Crippen LogP contribution >= 0.6 is 0 Å². The summed E-state index contributed by atoms with van der Waals surface area (Å²) < 4.78 is 68.4. The number of aromatic hydroxyl groups is 1. The van der Waals surface area contributed by atoms with Crippen molar-refractivity contribution in [2.45, 2.75) is 57.0 Å². The van der Waals surface area contributed by atoms with Gasteiger partial charge in [0.05, 0.1) is 6.10 Å². The molecule has 45 heavy (non-hydrogen) atoms. The van der Waals surface area contributed by atoms with Crippen molar-refractivity contribution in [1.29, 1.82) is 0 Å². The molecule has 0 amide bonds. The van der Waals surface area contributed by atoms with Crippen molar-refractivity contribution >= 4 is 10.8 Å². The maximum atomic E-state index is 15.9. The largest absolute Gasteiger partial charge is 0.508 e. The molecule has 2 fully saturated rings. The van der Waals surface area contributed by atoms with Crippen LogP contribution in [0.5, 0.6) is 17.2 Å². The highest BCUT2D eigenvalue weighted by atomic mass is 19.2. The van der Waals surface area contributed by atoms with Crippen molar-refractivity contribution in [3.8, 4) is 17.2 Å². The fourth-order valence-electron chi connectivity index (χ4n) is 8.22. The molecule has 4 N–H and O–H groups in total. The van der Waals surface area contributed by atoms with Crippen LogP contribution in [0.3, 0.4) is 0 Å². The van der Waals surface area contributed by atoms with E-state index in [1.807, 2.05) is 12.1 Å². The Kier molecular flexibility index (Phi) is 9.44. The van der Waals surface area contributed by atoms with Gasteiger partial charge in [0, 0.05) is 25.7 Å². The normalized spacial score (nSPS) is 26.4. The van der Waals surface area contributed by atoms with Gasteiger partial charge in [-0.15, -0.1) is 0 Å². The van der Waals surface area contributed by atoms with Gasteiger partial charge >= 0.3 is 0 Å². The van der Waals surface area contributed by atoms with Crippen LogP contribution in [0, 0.1) is 40.5 Å². The van der Waals surface area contributed by atoms with Gasteiger partial charge in [-0.25, -0.2) is 8.78 Å². The average molecular weight is 627 g/mol. The number of phenols is 1. The molecule has 0 aromatic heterocycles. The van der Waals surface area contributed by atoms with E-state index in [9.17, 15) is 10.2 Å². The summed E-state index contributed by atoms with van der Waals surface area (Å²) in [5.41, 5.74) is 0.310. The quantitative estimate of drug-likeness (QED) is 0.137. The zero-order chi connectivity index (χ0) is 32.6. The van der Waals surface area contributed by atoms with Crippen LogP contribution in [0.2, 0.25) is 0 Å². The van der Waals surface area contributed by atoms with Crippen LogP contribution < -0.4 is 4.74 Å². The lowest BCUT2D eigenvalue weighted by Gasteiger charge is -2.51. The summed E-state index contributed by atoms with van der Waals surface area (Å²) in [4.78, 5) is 0.